The van der Waals surface area contributed by atoms with Gasteiger partial charge in [0.05, 0.1) is 10.7 Å². The molecule has 0 saturated carbocycles. The van der Waals surface area contributed by atoms with Gasteiger partial charge in [0.1, 0.15) is 17.9 Å². The molecule has 1 heterocycles. The number of anilines is 1. The van der Waals surface area contributed by atoms with E-state index in [1.807, 2.05) is 12.1 Å². The molecule has 4 amide bonds. The number of urea groups is 1. The van der Waals surface area contributed by atoms with Crippen LogP contribution in [0.3, 0.4) is 0 Å². The smallest absolute Gasteiger partial charge is 0.335 e. The maximum absolute atomic E-state index is 13.1. The molecule has 1 aliphatic heterocycles. The van der Waals surface area contributed by atoms with Crippen molar-refractivity contribution in [3.8, 4) is 5.75 Å². The highest BCUT2D eigenvalue weighted by molar-refractivity contribution is 6.39. The molecule has 6 nitrogen and oxygen atoms in total. The van der Waals surface area contributed by atoms with E-state index in [1.165, 1.54) is 12.1 Å². The topological polar surface area (TPSA) is 75.7 Å². The molecule has 34 heavy (non-hydrogen) atoms. The first kappa shape index (κ1) is 23.8. The average Bonchev–Trinajstić information content (AvgIpc) is 2.78. The Kier molecular flexibility index (Phi) is 6.93. The molecule has 0 atom stereocenters. The van der Waals surface area contributed by atoms with E-state index in [2.05, 4.69) is 5.32 Å². The summed E-state index contributed by atoms with van der Waals surface area (Å²) >= 11 is 18.5. The largest absolute Gasteiger partial charge is 0.487 e. The van der Waals surface area contributed by atoms with Crippen molar-refractivity contribution in [3.63, 3.8) is 0 Å². The van der Waals surface area contributed by atoms with Crippen LogP contribution >= 0.6 is 34.8 Å². The lowest BCUT2D eigenvalue weighted by Gasteiger charge is -2.26. The van der Waals surface area contributed by atoms with Crippen molar-refractivity contribution in [2.24, 2.45) is 0 Å². The number of rotatable bonds is 5. The predicted octanol–water partition coefficient (Wildman–Crippen LogP) is 6.20. The molecule has 0 radical (unpaired) electrons. The second kappa shape index (κ2) is 9.89. The molecular formula is C25H17Cl3N2O4. The van der Waals surface area contributed by atoms with Gasteiger partial charge in [-0.1, -0.05) is 59.1 Å². The van der Waals surface area contributed by atoms with Gasteiger partial charge in [0.25, 0.3) is 11.8 Å². The second-order valence-electron chi connectivity index (χ2n) is 7.50. The van der Waals surface area contributed by atoms with Crippen LogP contribution in [0.2, 0.25) is 15.1 Å². The zero-order valence-electron chi connectivity index (χ0n) is 17.8. The van der Waals surface area contributed by atoms with Crippen LogP contribution in [0.25, 0.3) is 6.08 Å². The van der Waals surface area contributed by atoms with Crippen LogP contribution in [0.5, 0.6) is 5.75 Å². The molecular weight excluding hydrogens is 499 g/mol. The van der Waals surface area contributed by atoms with Crippen LogP contribution in [0.15, 0.2) is 66.2 Å². The number of carbonyl (C=O) groups is 3. The van der Waals surface area contributed by atoms with E-state index < -0.39 is 17.8 Å². The standard InChI is InChI=1S/C25H17Cl3N2O4/c1-14-5-7-18(12-20(14)27)30-24(32)19(23(31)29-25(30)33)10-15-6-8-22(21(28)11-15)34-13-16-3-2-4-17(26)9-16/h2-12H,13H2,1H3,(H,29,31,33)/b19-10+. The molecule has 3 aromatic rings. The number of carbonyl (C=O) groups excluding carboxylic acids is 3. The molecule has 1 fully saturated rings. The van der Waals surface area contributed by atoms with Gasteiger partial charge in [-0.3, -0.25) is 14.9 Å². The molecule has 0 aliphatic carbocycles. The van der Waals surface area contributed by atoms with Gasteiger partial charge in [-0.05, 0) is 66.1 Å². The zero-order valence-corrected chi connectivity index (χ0v) is 20.0. The Morgan fingerprint density at radius 2 is 1.74 bits per heavy atom. The number of nitrogens with one attached hydrogen (secondary N) is 1. The minimum Gasteiger partial charge on any atom is -0.487 e. The summed E-state index contributed by atoms with van der Waals surface area (Å²) in [6, 6.07) is 16.0. The van der Waals surface area contributed by atoms with Gasteiger partial charge in [0.15, 0.2) is 0 Å². The van der Waals surface area contributed by atoms with Gasteiger partial charge in [-0.25, -0.2) is 9.69 Å². The van der Waals surface area contributed by atoms with Crippen molar-refractivity contribution in [1.82, 2.24) is 5.32 Å². The third kappa shape index (κ3) is 5.09. The van der Waals surface area contributed by atoms with Crippen LogP contribution in [0.4, 0.5) is 10.5 Å². The average molecular weight is 516 g/mol. The third-order valence-corrected chi connectivity index (χ3v) is 6.00. The number of benzene rings is 3. The van der Waals surface area contributed by atoms with E-state index in [4.69, 9.17) is 39.5 Å². The minimum atomic E-state index is -0.852. The Morgan fingerprint density at radius 1 is 0.941 bits per heavy atom. The lowest BCUT2D eigenvalue weighted by molar-refractivity contribution is -0.122. The Morgan fingerprint density at radius 3 is 2.44 bits per heavy atom. The third-order valence-electron chi connectivity index (χ3n) is 5.07. The maximum atomic E-state index is 13.1. The SMILES string of the molecule is Cc1ccc(N2C(=O)NC(=O)/C(=C\c3ccc(OCc4cccc(Cl)c4)c(Cl)c3)C2=O)cc1Cl. The second-order valence-corrected chi connectivity index (χ2v) is 8.75. The molecule has 4 rings (SSSR count). The van der Waals surface area contributed by atoms with E-state index in [9.17, 15) is 14.4 Å². The molecule has 0 bridgehead atoms. The Labute approximate surface area is 210 Å². The van der Waals surface area contributed by atoms with Crippen LogP contribution in [0, 0.1) is 6.92 Å². The molecule has 3 aromatic carbocycles. The summed E-state index contributed by atoms with van der Waals surface area (Å²) in [5.41, 5.74) is 2.17. The number of barbiturate groups is 1. The highest BCUT2D eigenvalue weighted by Crippen LogP contribution is 2.29. The maximum Gasteiger partial charge on any atom is 0.335 e. The minimum absolute atomic E-state index is 0.222. The number of ether oxygens (including phenoxy) is 1. The van der Waals surface area contributed by atoms with Gasteiger partial charge in [-0.15, -0.1) is 0 Å². The fourth-order valence-corrected chi connectivity index (χ4v) is 3.92. The molecule has 172 valence electrons. The molecule has 0 spiro atoms. The van der Waals surface area contributed by atoms with E-state index in [1.54, 1.807) is 49.4 Å². The number of nitrogens with zero attached hydrogens (tertiary/aromatic N) is 1. The quantitative estimate of drug-likeness (QED) is 0.324. The van der Waals surface area contributed by atoms with Crippen molar-refractivity contribution in [2.45, 2.75) is 13.5 Å². The summed E-state index contributed by atoms with van der Waals surface area (Å²) in [6.45, 7) is 2.06. The molecule has 9 heteroatoms. The molecule has 0 aromatic heterocycles. The Bertz CT molecular complexity index is 1350. The lowest BCUT2D eigenvalue weighted by atomic mass is 10.1. The summed E-state index contributed by atoms with van der Waals surface area (Å²) < 4.78 is 5.75. The number of imide groups is 2. The molecule has 0 unspecified atom stereocenters. The van der Waals surface area contributed by atoms with Crippen LogP contribution < -0.4 is 15.0 Å². The summed E-state index contributed by atoms with van der Waals surface area (Å²) in [7, 11) is 0. The first-order valence-corrected chi connectivity index (χ1v) is 11.2. The van der Waals surface area contributed by atoms with Gasteiger partial charge in [0, 0.05) is 10.0 Å². The Balaban J connectivity index is 1.57. The van der Waals surface area contributed by atoms with Gasteiger partial charge in [-0.2, -0.15) is 0 Å². The highest BCUT2D eigenvalue weighted by atomic mass is 35.5. The van der Waals surface area contributed by atoms with E-state index in [0.717, 1.165) is 16.0 Å². The lowest BCUT2D eigenvalue weighted by Crippen LogP contribution is -2.54. The van der Waals surface area contributed by atoms with E-state index in [-0.39, 0.29) is 17.9 Å². The number of halogens is 3. The predicted molar refractivity (Wildman–Crippen MR) is 132 cm³/mol. The number of hydrogen-bond acceptors (Lipinski definition) is 4. The van der Waals surface area contributed by atoms with Crippen molar-refractivity contribution in [2.75, 3.05) is 4.90 Å². The van der Waals surface area contributed by atoms with Crippen LogP contribution in [-0.4, -0.2) is 17.8 Å². The first-order valence-electron chi connectivity index (χ1n) is 10.1. The van der Waals surface area contributed by atoms with E-state index >= 15 is 0 Å². The van der Waals surface area contributed by atoms with Crippen LogP contribution in [0.1, 0.15) is 16.7 Å². The van der Waals surface area contributed by atoms with Gasteiger partial charge >= 0.3 is 6.03 Å². The van der Waals surface area contributed by atoms with Crippen molar-refractivity contribution in [3.05, 3.63) is 98.0 Å². The zero-order chi connectivity index (χ0) is 24.4. The molecule has 1 N–H and O–H groups in total. The number of aryl methyl sites for hydroxylation is 1. The summed E-state index contributed by atoms with van der Waals surface area (Å²) in [5.74, 6) is -1.15. The summed E-state index contributed by atoms with van der Waals surface area (Å²) in [6.07, 6.45) is 1.36. The van der Waals surface area contributed by atoms with Gasteiger partial charge in [0.2, 0.25) is 0 Å². The fraction of sp³-hybridized carbons (Fsp3) is 0.0800. The summed E-state index contributed by atoms with van der Waals surface area (Å²) in [5, 5.41) is 3.46. The fourth-order valence-electron chi connectivity index (χ4n) is 3.29. The normalized spacial score (nSPS) is 15.0. The summed E-state index contributed by atoms with van der Waals surface area (Å²) in [4.78, 5) is 38.7. The number of hydrogen-bond donors (Lipinski definition) is 1. The van der Waals surface area contributed by atoms with Crippen molar-refractivity contribution < 1.29 is 19.1 Å². The van der Waals surface area contributed by atoms with Crippen LogP contribution in [-0.2, 0) is 16.2 Å². The van der Waals surface area contributed by atoms with Crippen molar-refractivity contribution >= 4 is 64.4 Å². The Hall–Kier alpha value is -3.32. The van der Waals surface area contributed by atoms with Gasteiger partial charge < -0.3 is 4.74 Å². The highest BCUT2D eigenvalue weighted by Gasteiger charge is 2.37. The van der Waals surface area contributed by atoms with Crippen molar-refractivity contribution in [1.29, 1.82) is 0 Å². The monoisotopic (exact) mass is 514 g/mol. The molecule has 1 aliphatic rings. The number of amides is 4. The van der Waals surface area contributed by atoms with E-state index in [0.29, 0.717) is 26.4 Å². The molecule has 1 saturated heterocycles. The first-order chi connectivity index (χ1) is 16.2.